The lowest BCUT2D eigenvalue weighted by atomic mass is 9.78. The zero-order chi connectivity index (χ0) is 15.5. The second kappa shape index (κ2) is 6.42. The molecule has 4 rings (SSSR count). The minimum atomic E-state index is 0.587. The lowest BCUT2D eigenvalue weighted by Gasteiger charge is -2.34. The van der Waals surface area contributed by atoms with Crippen molar-refractivity contribution in [1.29, 1.82) is 0 Å². The minimum absolute atomic E-state index is 0.587. The highest BCUT2D eigenvalue weighted by molar-refractivity contribution is 5.59. The van der Waals surface area contributed by atoms with E-state index in [1.54, 1.807) is 0 Å². The maximum absolute atomic E-state index is 4.47. The Labute approximate surface area is 138 Å². The average Bonchev–Trinajstić information content (AvgIpc) is 2.98. The van der Waals surface area contributed by atoms with Gasteiger partial charge in [0.25, 0.3) is 0 Å². The molecule has 0 aliphatic carbocycles. The number of aromatic nitrogens is 1. The van der Waals surface area contributed by atoms with E-state index in [4.69, 9.17) is 0 Å². The summed E-state index contributed by atoms with van der Waals surface area (Å²) in [5.74, 6) is 0. The van der Waals surface area contributed by atoms with Crippen LogP contribution in [0.15, 0.2) is 48.7 Å². The molecule has 3 nitrogen and oxygen atoms in total. The number of benzene rings is 1. The predicted molar refractivity (Wildman–Crippen MR) is 94.1 cm³/mol. The molecule has 1 aromatic heterocycles. The third-order valence-corrected chi connectivity index (χ3v) is 5.48. The summed E-state index contributed by atoms with van der Waals surface area (Å²) in [6, 6.07) is 15.0. The van der Waals surface area contributed by atoms with Crippen molar-refractivity contribution in [2.45, 2.75) is 25.8 Å². The van der Waals surface area contributed by atoms with Gasteiger partial charge in [0.05, 0.1) is 5.69 Å². The van der Waals surface area contributed by atoms with Crippen molar-refractivity contribution in [3.05, 3.63) is 54.2 Å². The molecule has 2 aliphatic heterocycles. The zero-order valence-electron chi connectivity index (χ0n) is 13.7. The summed E-state index contributed by atoms with van der Waals surface area (Å²) in [6.45, 7) is 5.97. The van der Waals surface area contributed by atoms with E-state index < -0.39 is 0 Å². The van der Waals surface area contributed by atoms with Crippen molar-refractivity contribution in [2.24, 2.45) is 5.41 Å². The standard InChI is InChI=1S/C20H25N3/c1-2-10-22-19(6-1)18-5-3-4-17(14-18)15-23-13-9-20(16-23)7-11-21-12-8-20/h1-6,10,14,21H,7-9,11-13,15-16H2. The Morgan fingerprint density at radius 1 is 1.04 bits per heavy atom. The summed E-state index contributed by atoms with van der Waals surface area (Å²) >= 11 is 0. The third-order valence-electron chi connectivity index (χ3n) is 5.48. The number of rotatable bonds is 3. The summed E-state index contributed by atoms with van der Waals surface area (Å²) in [5.41, 5.74) is 4.27. The smallest absolute Gasteiger partial charge is 0.0702 e. The second-order valence-corrected chi connectivity index (χ2v) is 7.13. The number of nitrogens with zero attached hydrogens (tertiary/aromatic N) is 2. The topological polar surface area (TPSA) is 28.2 Å². The molecule has 0 unspecified atom stereocenters. The maximum Gasteiger partial charge on any atom is 0.0702 e. The molecule has 1 spiro atoms. The number of hydrogen-bond acceptors (Lipinski definition) is 3. The summed E-state index contributed by atoms with van der Waals surface area (Å²) in [5, 5.41) is 3.50. The van der Waals surface area contributed by atoms with Gasteiger partial charge in [-0.2, -0.15) is 0 Å². The Kier molecular flexibility index (Phi) is 4.15. The molecule has 1 aromatic carbocycles. The van der Waals surface area contributed by atoms with Crippen LogP contribution in [0.1, 0.15) is 24.8 Å². The van der Waals surface area contributed by atoms with E-state index in [9.17, 15) is 0 Å². The SMILES string of the molecule is c1ccc(-c2cccc(CN3CCC4(CCNCC4)C3)c2)nc1. The van der Waals surface area contributed by atoms with Gasteiger partial charge >= 0.3 is 0 Å². The summed E-state index contributed by atoms with van der Waals surface area (Å²) in [6.07, 6.45) is 5.92. The molecule has 2 aliphatic rings. The van der Waals surface area contributed by atoms with E-state index in [1.165, 1.54) is 56.6 Å². The number of hydrogen-bond donors (Lipinski definition) is 1. The monoisotopic (exact) mass is 307 g/mol. The molecular formula is C20H25N3. The van der Waals surface area contributed by atoms with Gasteiger partial charge in [0.1, 0.15) is 0 Å². The Balaban J connectivity index is 1.45. The van der Waals surface area contributed by atoms with Gasteiger partial charge in [-0.15, -0.1) is 0 Å². The van der Waals surface area contributed by atoms with Crippen LogP contribution in [0.2, 0.25) is 0 Å². The van der Waals surface area contributed by atoms with Crippen LogP contribution in [0.4, 0.5) is 0 Å². The minimum Gasteiger partial charge on any atom is -0.317 e. The molecule has 2 aromatic rings. The molecule has 0 radical (unpaired) electrons. The van der Waals surface area contributed by atoms with Crippen LogP contribution in [0.25, 0.3) is 11.3 Å². The summed E-state index contributed by atoms with van der Waals surface area (Å²) in [7, 11) is 0. The van der Waals surface area contributed by atoms with Crippen LogP contribution in [0.5, 0.6) is 0 Å². The summed E-state index contributed by atoms with van der Waals surface area (Å²) in [4.78, 5) is 7.11. The van der Waals surface area contributed by atoms with Crippen LogP contribution in [-0.2, 0) is 6.54 Å². The first-order chi connectivity index (χ1) is 11.3. The first kappa shape index (κ1) is 14.9. The molecule has 23 heavy (non-hydrogen) atoms. The van der Waals surface area contributed by atoms with E-state index >= 15 is 0 Å². The van der Waals surface area contributed by atoms with Crippen molar-refractivity contribution in [1.82, 2.24) is 15.2 Å². The van der Waals surface area contributed by atoms with Gasteiger partial charge in [0, 0.05) is 24.8 Å². The van der Waals surface area contributed by atoms with Crippen LogP contribution in [-0.4, -0.2) is 36.1 Å². The van der Waals surface area contributed by atoms with Crippen LogP contribution in [0, 0.1) is 5.41 Å². The molecule has 0 bridgehead atoms. The van der Waals surface area contributed by atoms with Gasteiger partial charge in [-0.05, 0) is 68.1 Å². The molecule has 0 atom stereocenters. The normalized spacial score (nSPS) is 20.9. The molecule has 0 saturated carbocycles. The molecule has 0 amide bonds. The highest BCUT2D eigenvalue weighted by Crippen LogP contribution is 2.39. The van der Waals surface area contributed by atoms with E-state index in [1.807, 2.05) is 12.3 Å². The van der Waals surface area contributed by atoms with Crippen molar-refractivity contribution in [3.63, 3.8) is 0 Å². The van der Waals surface area contributed by atoms with Crippen LogP contribution < -0.4 is 5.32 Å². The zero-order valence-corrected chi connectivity index (χ0v) is 13.7. The first-order valence-electron chi connectivity index (χ1n) is 8.77. The highest BCUT2D eigenvalue weighted by atomic mass is 15.2. The van der Waals surface area contributed by atoms with Gasteiger partial charge in [-0.3, -0.25) is 9.88 Å². The van der Waals surface area contributed by atoms with E-state index in [0.717, 1.165) is 12.2 Å². The fourth-order valence-electron chi connectivity index (χ4n) is 4.15. The molecular weight excluding hydrogens is 282 g/mol. The third kappa shape index (κ3) is 3.31. The predicted octanol–water partition coefficient (Wildman–Crippen LogP) is 3.32. The fourth-order valence-corrected chi connectivity index (χ4v) is 4.15. The molecule has 2 fully saturated rings. The summed E-state index contributed by atoms with van der Waals surface area (Å²) < 4.78 is 0. The average molecular weight is 307 g/mol. The lowest BCUT2D eigenvalue weighted by molar-refractivity contribution is 0.194. The first-order valence-corrected chi connectivity index (χ1v) is 8.77. The van der Waals surface area contributed by atoms with Crippen LogP contribution >= 0.6 is 0 Å². The van der Waals surface area contributed by atoms with Gasteiger partial charge in [-0.25, -0.2) is 0 Å². The van der Waals surface area contributed by atoms with Gasteiger partial charge in [0.15, 0.2) is 0 Å². The largest absolute Gasteiger partial charge is 0.317 e. The number of nitrogens with one attached hydrogen (secondary N) is 1. The van der Waals surface area contributed by atoms with E-state index in [2.05, 4.69) is 51.6 Å². The van der Waals surface area contributed by atoms with Crippen molar-refractivity contribution >= 4 is 0 Å². The van der Waals surface area contributed by atoms with Gasteiger partial charge < -0.3 is 5.32 Å². The lowest BCUT2D eigenvalue weighted by Crippen LogP contribution is -2.38. The number of likely N-dealkylation sites (tertiary alicyclic amines) is 1. The van der Waals surface area contributed by atoms with Crippen molar-refractivity contribution in [2.75, 3.05) is 26.2 Å². The Morgan fingerprint density at radius 2 is 1.96 bits per heavy atom. The number of pyridine rings is 1. The van der Waals surface area contributed by atoms with E-state index in [-0.39, 0.29) is 0 Å². The van der Waals surface area contributed by atoms with Crippen molar-refractivity contribution in [3.8, 4) is 11.3 Å². The Morgan fingerprint density at radius 3 is 2.78 bits per heavy atom. The quantitative estimate of drug-likeness (QED) is 0.943. The molecule has 120 valence electrons. The highest BCUT2D eigenvalue weighted by Gasteiger charge is 2.38. The van der Waals surface area contributed by atoms with Gasteiger partial charge in [0.2, 0.25) is 0 Å². The molecule has 2 saturated heterocycles. The second-order valence-electron chi connectivity index (χ2n) is 7.13. The fraction of sp³-hybridized carbons (Fsp3) is 0.450. The van der Waals surface area contributed by atoms with Crippen LogP contribution in [0.3, 0.4) is 0 Å². The van der Waals surface area contributed by atoms with Gasteiger partial charge in [-0.1, -0.05) is 24.3 Å². The molecule has 3 heterocycles. The Bertz CT molecular complexity index is 647. The van der Waals surface area contributed by atoms with Crippen molar-refractivity contribution < 1.29 is 0 Å². The molecule has 3 heteroatoms. The maximum atomic E-state index is 4.47. The Hall–Kier alpha value is -1.71. The number of piperidine rings is 1. The van der Waals surface area contributed by atoms with E-state index in [0.29, 0.717) is 5.41 Å². The molecule has 1 N–H and O–H groups in total.